The first-order chi connectivity index (χ1) is 15.2. The molecule has 0 atom stereocenters. The Labute approximate surface area is 185 Å². The van der Waals surface area contributed by atoms with Gasteiger partial charge < -0.3 is 4.90 Å². The van der Waals surface area contributed by atoms with Gasteiger partial charge in [-0.05, 0) is 60.0 Å². The number of hydrogen-bond acceptors (Lipinski definition) is 2. The van der Waals surface area contributed by atoms with Crippen molar-refractivity contribution in [3.63, 3.8) is 0 Å². The average molecular weight is 407 g/mol. The zero-order valence-electron chi connectivity index (χ0n) is 18.5. The van der Waals surface area contributed by atoms with E-state index in [1.807, 2.05) is 0 Å². The molecule has 2 aliphatic rings. The lowest BCUT2D eigenvalue weighted by molar-refractivity contribution is 0.427. The van der Waals surface area contributed by atoms with E-state index >= 15 is 0 Å². The van der Waals surface area contributed by atoms with Crippen LogP contribution in [0.15, 0.2) is 77.8 Å². The van der Waals surface area contributed by atoms with Gasteiger partial charge >= 0.3 is 0 Å². The number of anilines is 1. The van der Waals surface area contributed by atoms with Crippen molar-refractivity contribution in [2.45, 2.75) is 45.1 Å². The molecule has 156 valence electrons. The van der Waals surface area contributed by atoms with Crippen molar-refractivity contribution in [2.75, 3.05) is 11.9 Å². The van der Waals surface area contributed by atoms with Crippen LogP contribution in [-0.2, 0) is 0 Å². The maximum atomic E-state index is 4.79. The predicted molar refractivity (Wildman–Crippen MR) is 133 cm³/mol. The summed E-state index contributed by atoms with van der Waals surface area (Å²) in [4.78, 5) is 7.27. The molecule has 31 heavy (non-hydrogen) atoms. The lowest BCUT2D eigenvalue weighted by atomic mass is 9.94. The third-order valence-electron chi connectivity index (χ3n) is 6.80. The zero-order valence-corrected chi connectivity index (χ0v) is 18.5. The largest absolute Gasteiger partial charge is 0.372 e. The minimum absolute atomic E-state index is 0.686. The Morgan fingerprint density at radius 3 is 2.35 bits per heavy atom. The molecule has 3 aromatic rings. The second kappa shape index (κ2) is 8.55. The molecule has 1 aliphatic heterocycles. The molecule has 1 aliphatic carbocycles. The molecule has 0 radical (unpaired) electrons. The summed E-state index contributed by atoms with van der Waals surface area (Å²) in [5.41, 5.74) is 7.18. The normalized spacial score (nSPS) is 18.6. The number of benzene rings is 3. The Morgan fingerprint density at radius 1 is 0.839 bits per heavy atom. The predicted octanol–water partition coefficient (Wildman–Crippen LogP) is 5.59. The van der Waals surface area contributed by atoms with Gasteiger partial charge in [0, 0.05) is 35.6 Å². The molecule has 0 aromatic heterocycles. The topological polar surface area (TPSA) is 15.6 Å². The van der Waals surface area contributed by atoms with Gasteiger partial charge in [-0.3, -0.25) is 4.99 Å². The molecule has 2 heteroatoms. The maximum Gasteiger partial charge on any atom is 0.0712 e. The summed E-state index contributed by atoms with van der Waals surface area (Å²) < 4.78 is 0. The fraction of sp³-hybridized carbons (Fsp3) is 0.276. The smallest absolute Gasteiger partial charge is 0.0712 e. The van der Waals surface area contributed by atoms with Crippen LogP contribution < -0.4 is 15.3 Å². The molecular weight excluding hydrogens is 376 g/mol. The quantitative estimate of drug-likeness (QED) is 0.554. The molecule has 0 spiro atoms. The molecule has 2 nitrogen and oxygen atoms in total. The van der Waals surface area contributed by atoms with E-state index in [-0.39, 0.29) is 0 Å². The van der Waals surface area contributed by atoms with E-state index in [1.54, 1.807) is 0 Å². The molecule has 1 fully saturated rings. The monoisotopic (exact) mass is 406 g/mol. The first-order valence-corrected chi connectivity index (χ1v) is 11.5. The lowest BCUT2D eigenvalue weighted by Crippen LogP contribution is -2.33. The van der Waals surface area contributed by atoms with Crippen molar-refractivity contribution in [3.8, 4) is 0 Å². The van der Waals surface area contributed by atoms with Crippen molar-refractivity contribution in [3.05, 3.63) is 94.4 Å². The van der Waals surface area contributed by atoms with Crippen molar-refractivity contribution < 1.29 is 0 Å². The Hall–Kier alpha value is -3.13. The van der Waals surface area contributed by atoms with Gasteiger partial charge in [-0.15, -0.1) is 0 Å². The van der Waals surface area contributed by atoms with Crippen LogP contribution in [0.25, 0.3) is 11.6 Å². The van der Waals surface area contributed by atoms with Gasteiger partial charge in [-0.25, -0.2) is 0 Å². The number of para-hydroxylation sites is 1. The highest BCUT2D eigenvalue weighted by molar-refractivity contribution is 6.27. The summed E-state index contributed by atoms with van der Waals surface area (Å²) in [6.07, 6.45) is 9.05. The van der Waals surface area contributed by atoms with Crippen molar-refractivity contribution in [1.82, 2.24) is 0 Å². The molecule has 1 heterocycles. The van der Waals surface area contributed by atoms with E-state index in [2.05, 4.69) is 97.7 Å². The third kappa shape index (κ3) is 3.95. The lowest BCUT2D eigenvalue weighted by Gasteiger charge is -2.33. The molecule has 0 amide bonds. The standard InChI is InChI=1S/C29H30N2/c1-21-29(27-14-8-9-15-28(27)30-21)26-13-7-6-10-23(26)20-22-16-18-25(19-17-22)31(2)24-11-4-3-5-12-24/h6-10,13-20,24H,3-5,11-12H2,1-2H3. The van der Waals surface area contributed by atoms with Crippen LogP contribution in [0.1, 0.15) is 50.2 Å². The second-order valence-corrected chi connectivity index (χ2v) is 8.82. The van der Waals surface area contributed by atoms with Crippen molar-refractivity contribution in [1.29, 1.82) is 0 Å². The number of fused-ring (bicyclic) bond motifs is 1. The van der Waals surface area contributed by atoms with Crippen molar-refractivity contribution >= 4 is 28.7 Å². The fourth-order valence-electron chi connectivity index (χ4n) is 5.07. The third-order valence-corrected chi connectivity index (χ3v) is 6.80. The first kappa shape index (κ1) is 19.8. The molecule has 5 rings (SSSR count). The van der Waals surface area contributed by atoms with E-state index in [0.29, 0.717) is 6.04 Å². The summed E-state index contributed by atoms with van der Waals surface area (Å²) in [5.74, 6) is 0. The van der Waals surface area contributed by atoms with Gasteiger partial charge in [0.15, 0.2) is 0 Å². The van der Waals surface area contributed by atoms with Crippen LogP contribution in [0.4, 0.5) is 11.4 Å². The van der Waals surface area contributed by atoms with Crippen LogP contribution in [0.3, 0.4) is 0 Å². The van der Waals surface area contributed by atoms with E-state index < -0.39 is 0 Å². The molecular formula is C29H30N2. The SMILES string of the molecule is CC1=Nc2ccccc2C1=c1ccccc1=Cc1ccc(N(C)C2CCCCC2)cc1. The Kier molecular flexibility index (Phi) is 5.46. The van der Waals surface area contributed by atoms with Crippen LogP contribution in [0, 0.1) is 0 Å². The number of nitrogens with zero attached hydrogens (tertiary/aromatic N) is 2. The summed E-state index contributed by atoms with van der Waals surface area (Å²) in [6, 6.07) is 26.8. The average Bonchev–Trinajstić information content (AvgIpc) is 3.15. The van der Waals surface area contributed by atoms with Crippen LogP contribution in [-0.4, -0.2) is 18.8 Å². The summed E-state index contributed by atoms with van der Waals surface area (Å²) in [6.45, 7) is 2.11. The van der Waals surface area contributed by atoms with E-state index in [0.717, 1.165) is 11.4 Å². The van der Waals surface area contributed by atoms with E-state index in [9.17, 15) is 0 Å². The van der Waals surface area contributed by atoms with Gasteiger partial charge in [-0.2, -0.15) is 0 Å². The van der Waals surface area contributed by atoms with Crippen LogP contribution in [0.2, 0.25) is 0 Å². The highest BCUT2D eigenvalue weighted by Gasteiger charge is 2.19. The Morgan fingerprint density at radius 2 is 1.55 bits per heavy atom. The van der Waals surface area contributed by atoms with Gasteiger partial charge in [0.2, 0.25) is 0 Å². The highest BCUT2D eigenvalue weighted by Crippen LogP contribution is 2.32. The molecule has 0 saturated heterocycles. The second-order valence-electron chi connectivity index (χ2n) is 8.82. The first-order valence-electron chi connectivity index (χ1n) is 11.5. The van der Waals surface area contributed by atoms with Gasteiger partial charge in [0.1, 0.15) is 0 Å². The Bertz CT molecular complexity index is 1230. The van der Waals surface area contributed by atoms with Crippen molar-refractivity contribution in [2.24, 2.45) is 4.99 Å². The molecule has 0 unspecified atom stereocenters. The Balaban J connectivity index is 1.53. The summed E-state index contributed by atoms with van der Waals surface area (Å²) in [7, 11) is 2.25. The van der Waals surface area contributed by atoms with Gasteiger partial charge in [0.25, 0.3) is 0 Å². The maximum absolute atomic E-state index is 4.79. The van der Waals surface area contributed by atoms with Crippen LogP contribution >= 0.6 is 0 Å². The fourth-order valence-corrected chi connectivity index (χ4v) is 5.07. The summed E-state index contributed by atoms with van der Waals surface area (Å²) in [5, 5.41) is 2.48. The minimum Gasteiger partial charge on any atom is -0.372 e. The van der Waals surface area contributed by atoms with E-state index in [1.165, 1.54) is 64.9 Å². The summed E-state index contributed by atoms with van der Waals surface area (Å²) >= 11 is 0. The molecule has 3 aromatic carbocycles. The molecule has 0 N–H and O–H groups in total. The van der Waals surface area contributed by atoms with E-state index in [4.69, 9.17) is 4.99 Å². The number of aliphatic imine (C=N–C) groups is 1. The van der Waals surface area contributed by atoms with Gasteiger partial charge in [0.05, 0.1) is 5.69 Å². The molecule has 1 saturated carbocycles. The molecule has 0 bridgehead atoms. The zero-order chi connectivity index (χ0) is 21.2. The van der Waals surface area contributed by atoms with Gasteiger partial charge in [-0.1, -0.05) is 73.9 Å². The number of rotatable bonds is 3. The highest BCUT2D eigenvalue weighted by atomic mass is 15.1. The number of hydrogen-bond donors (Lipinski definition) is 0. The van der Waals surface area contributed by atoms with Crippen LogP contribution in [0.5, 0.6) is 0 Å². The minimum atomic E-state index is 0.686.